The second-order valence-electron chi connectivity index (χ2n) is 5.31. The van der Waals surface area contributed by atoms with Gasteiger partial charge in [0.25, 0.3) is 0 Å². The van der Waals surface area contributed by atoms with Crippen molar-refractivity contribution >= 4 is 6.09 Å². The summed E-state index contributed by atoms with van der Waals surface area (Å²) in [5.74, 6) is 0. The number of carbonyl (C=O) groups is 1. The Kier molecular flexibility index (Phi) is 3.16. The third-order valence-corrected chi connectivity index (χ3v) is 4.16. The minimum atomic E-state index is -0.945. The van der Waals surface area contributed by atoms with Crippen LogP contribution >= 0.6 is 0 Å². The fraction of sp³-hybridized carbons (Fsp3) is 0.500. The molecule has 5 heteroatoms. The van der Waals surface area contributed by atoms with E-state index in [1.54, 1.807) is 0 Å². The molecule has 1 saturated heterocycles. The van der Waals surface area contributed by atoms with Crippen LogP contribution in [0.3, 0.4) is 0 Å². The maximum absolute atomic E-state index is 11.0. The number of β-amino-alcohol motifs (C(OH)–C–C–N with tert-alkyl or cyclic N) is 1. The zero-order valence-electron chi connectivity index (χ0n) is 10.7. The Morgan fingerprint density at radius 3 is 2.63 bits per heavy atom. The lowest BCUT2D eigenvalue weighted by atomic mass is 9.98. The summed E-state index contributed by atoms with van der Waals surface area (Å²) >= 11 is 0. The summed E-state index contributed by atoms with van der Waals surface area (Å²) in [6.07, 6.45) is -0.563. The van der Waals surface area contributed by atoms with E-state index >= 15 is 0 Å². The number of hydrogen-bond acceptors (Lipinski definition) is 3. The van der Waals surface area contributed by atoms with Gasteiger partial charge in [-0.3, -0.25) is 4.90 Å². The first-order valence-electron chi connectivity index (χ1n) is 6.62. The van der Waals surface area contributed by atoms with E-state index < -0.39 is 12.2 Å². The van der Waals surface area contributed by atoms with E-state index in [1.165, 1.54) is 16.0 Å². The van der Waals surface area contributed by atoms with Crippen molar-refractivity contribution in [2.75, 3.05) is 19.6 Å². The number of fused-ring (bicyclic) bond motifs is 1. The van der Waals surface area contributed by atoms with Crippen molar-refractivity contribution in [1.29, 1.82) is 0 Å². The predicted molar refractivity (Wildman–Crippen MR) is 69.9 cm³/mol. The second-order valence-corrected chi connectivity index (χ2v) is 5.31. The zero-order chi connectivity index (χ0) is 13.4. The van der Waals surface area contributed by atoms with Gasteiger partial charge in [-0.05, 0) is 17.5 Å². The summed E-state index contributed by atoms with van der Waals surface area (Å²) in [5.41, 5.74) is 2.65. The van der Waals surface area contributed by atoms with Crippen molar-refractivity contribution in [3.8, 4) is 0 Å². The molecule has 2 atom stereocenters. The minimum absolute atomic E-state index is 0.0792. The van der Waals surface area contributed by atoms with E-state index in [1.807, 2.05) is 12.1 Å². The van der Waals surface area contributed by atoms with Gasteiger partial charge in [-0.2, -0.15) is 0 Å². The Balaban J connectivity index is 1.73. The van der Waals surface area contributed by atoms with Gasteiger partial charge in [0.1, 0.15) is 0 Å². The number of amides is 1. The highest BCUT2D eigenvalue weighted by Gasteiger charge is 2.38. The van der Waals surface area contributed by atoms with Crippen molar-refractivity contribution in [2.45, 2.75) is 25.1 Å². The highest BCUT2D eigenvalue weighted by molar-refractivity contribution is 5.65. The normalized spacial score (nSPS) is 27.3. The van der Waals surface area contributed by atoms with Gasteiger partial charge in [-0.25, -0.2) is 4.79 Å². The molecule has 2 aliphatic heterocycles. The number of nitrogens with zero attached hydrogens (tertiary/aromatic N) is 2. The lowest BCUT2D eigenvalue weighted by Gasteiger charge is -2.34. The molecule has 0 bridgehead atoms. The molecule has 5 nitrogen and oxygen atoms in total. The number of benzene rings is 1. The van der Waals surface area contributed by atoms with E-state index in [4.69, 9.17) is 5.11 Å². The topological polar surface area (TPSA) is 64.0 Å². The average Bonchev–Trinajstić information content (AvgIpc) is 2.80. The summed E-state index contributed by atoms with van der Waals surface area (Å²) in [5, 5.41) is 19.1. The largest absolute Gasteiger partial charge is 0.465 e. The van der Waals surface area contributed by atoms with E-state index in [-0.39, 0.29) is 12.6 Å². The molecule has 2 heterocycles. The van der Waals surface area contributed by atoms with Crippen molar-refractivity contribution in [3.05, 3.63) is 35.4 Å². The molecule has 0 saturated carbocycles. The highest BCUT2D eigenvalue weighted by atomic mass is 16.4. The van der Waals surface area contributed by atoms with Crippen LogP contribution in [0.25, 0.3) is 0 Å². The fourth-order valence-corrected chi connectivity index (χ4v) is 3.09. The van der Waals surface area contributed by atoms with Crippen LogP contribution in [-0.4, -0.2) is 57.9 Å². The van der Waals surface area contributed by atoms with Crippen molar-refractivity contribution < 1.29 is 15.0 Å². The van der Waals surface area contributed by atoms with Gasteiger partial charge in [0.15, 0.2) is 0 Å². The number of hydrogen-bond donors (Lipinski definition) is 2. The molecular weight excluding hydrogens is 244 g/mol. The number of aliphatic hydroxyl groups is 1. The number of aliphatic hydroxyl groups excluding tert-OH is 1. The average molecular weight is 262 g/mol. The van der Waals surface area contributed by atoms with Gasteiger partial charge >= 0.3 is 6.09 Å². The van der Waals surface area contributed by atoms with Gasteiger partial charge in [0.05, 0.1) is 18.7 Å². The quantitative estimate of drug-likeness (QED) is 0.784. The first-order valence-corrected chi connectivity index (χ1v) is 6.62. The predicted octanol–water partition coefficient (Wildman–Crippen LogP) is 0.768. The molecule has 1 amide bonds. The van der Waals surface area contributed by atoms with Crippen LogP contribution in [0, 0.1) is 0 Å². The molecule has 0 aromatic heterocycles. The first kappa shape index (κ1) is 12.4. The Morgan fingerprint density at radius 1 is 1.21 bits per heavy atom. The molecule has 2 N–H and O–H groups in total. The van der Waals surface area contributed by atoms with Gasteiger partial charge in [-0.15, -0.1) is 0 Å². The van der Waals surface area contributed by atoms with Gasteiger partial charge in [0.2, 0.25) is 0 Å². The van der Waals surface area contributed by atoms with Gasteiger partial charge in [0, 0.05) is 19.6 Å². The molecule has 3 rings (SSSR count). The van der Waals surface area contributed by atoms with Crippen LogP contribution in [0.15, 0.2) is 24.3 Å². The van der Waals surface area contributed by atoms with Crippen molar-refractivity contribution in [2.24, 2.45) is 0 Å². The molecule has 0 aliphatic carbocycles. The molecule has 2 aliphatic rings. The number of likely N-dealkylation sites (tertiary alicyclic amines) is 1. The summed E-state index contributed by atoms with van der Waals surface area (Å²) < 4.78 is 0. The summed E-state index contributed by atoms with van der Waals surface area (Å²) in [7, 11) is 0. The van der Waals surface area contributed by atoms with E-state index in [0.29, 0.717) is 6.54 Å². The molecule has 1 aromatic rings. The molecule has 2 unspecified atom stereocenters. The lowest BCUT2D eigenvalue weighted by Crippen LogP contribution is -2.45. The summed E-state index contributed by atoms with van der Waals surface area (Å²) in [4.78, 5) is 14.5. The minimum Gasteiger partial charge on any atom is -0.465 e. The molecular formula is C14H18N2O3. The van der Waals surface area contributed by atoms with Crippen molar-refractivity contribution in [3.63, 3.8) is 0 Å². The Labute approximate surface area is 112 Å². The lowest BCUT2D eigenvalue weighted by molar-refractivity contribution is 0.0745. The standard InChI is InChI=1S/C14H18N2O3/c17-13-9-16(14(18)19)8-12(13)15-6-5-10-3-1-2-4-11(10)7-15/h1-4,12-13,17H,5-9H2,(H,18,19). The van der Waals surface area contributed by atoms with Crippen LogP contribution < -0.4 is 0 Å². The van der Waals surface area contributed by atoms with E-state index in [9.17, 15) is 9.90 Å². The third-order valence-electron chi connectivity index (χ3n) is 4.16. The Hall–Kier alpha value is -1.59. The zero-order valence-corrected chi connectivity index (χ0v) is 10.7. The molecule has 0 radical (unpaired) electrons. The molecule has 19 heavy (non-hydrogen) atoms. The SMILES string of the molecule is O=C(O)N1CC(O)C(N2CCc3ccccc3C2)C1. The molecule has 1 fully saturated rings. The van der Waals surface area contributed by atoms with Crippen LogP contribution in [0.2, 0.25) is 0 Å². The maximum atomic E-state index is 11.0. The number of rotatable bonds is 1. The van der Waals surface area contributed by atoms with E-state index in [0.717, 1.165) is 19.5 Å². The van der Waals surface area contributed by atoms with E-state index in [2.05, 4.69) is 17.0 Å². The summed E-state index contributed by atoms with van der Waals surface area (Å²) in [6, 6.07) is 8.24. The van der Waals surface area contributed by atoms with Gasteiger partial charge in [-0.1, -0.05) is 24.3 Å². The van der Waals surface area contributed by atoms with Crippen LogP contribution in [0.4, 0.5) is 4.79 Å². The fourth-order valence-electron chi connectivity index (χ4n) is 3.09. The van der Waals surface area contributed by atoms with Crippen LogP contribution in [-0.2, 0) is 13.0 Å². The first-order chi connectivity index (χ1) is 9.15. The summed E-state index contributed by atoms with van der Waals surface area (Å²) in [6.45, 7) is 2.30. The van der Waals surface area contributed by atoms with Gasteiger partial charge < -0.3 is 15.1 Å². The smallest absolute Gasteiger partial charge is 0.407 e. The highest BCUT2D eigenvalue weighted by Crippen LogP contribution is 2.24. The van der Waals surface area contributed by atoms with Crippen molar-refractivity contribution in [1.82, 2.24) is 9.80 Å². The molecule has 102 valence electrons. The van der Waals surface area contributed by atoms with Crippen LogP contribution in [0.5, 0.6) is 0 Å². The Bertz CT molecular complexity index is 491. The monoisotopic (exact) mass is 262 g/mol. The second kappa shape index (κ2) is 4.83. The number of carboxylic acid groups (broad SMARTS) is 1. The Morgan fingerprint density at radius 2 is 1.95 bits per heavy atom. The maximum Gasteiger partial charge on any atom is 0.407 e. The molecule has 0 spiro atoms. The van der Waals surface area contributed by atoms with Crippen LogP contribution in [0.1, 0.15) is 11.1 Å². The third kappa shape index (κ3) is 2.31. The molecule has 1 aromatic carbocycles.